The average molecular weight is 320 g/mol. The number of ether oxygens (including phenoxy) is 1. The lowest BCUT2D eigenvalue weighted by atomic mass is 9.87. The van der Waals surface area contributed by atoms with Crippen LogP contribution in [0.1, 0.15) is 35.6 Å². The highest BCUT2D eigenvalue weighted by Crippen LogP contribution is 2.32. The molecule has 0 radical (unpaired) electrons. The van der Waals surface area contributed by atoms with E-state index in [1.54, 1.807) is 18.2 Å². The van der Waals surface area contributed by atoms with Crippen LogP contribution in [0, 0.1) is 0 Å². The number of phenolic OH excluding ortho intramolecular Hbond substituents is 1. The summed E-state index contributed by atoms with van der Waals surface area (Å²) in [6, 6.07) is 8.86. The summed E-state index contributed by atoms with van der Waals surface area (Å²) in [6.45, 7) is -2.36. The van der Waals surface area contributed by atoms with Crippen molar-refractivity contribution >= 4 is 0 Å². The van der Waals surface area contributed by atoms with Crippen molar-refractivity contribution in [3.05, 3.63) is 53.2 Å². The summed E-state index contributed by atoms with van der Waals surface area (Å²) >= 11 is 0. The first-order chi connectivity index (χ1) is 11.1. The van der Waals surface area contributed by atoms with Crippen molar-refractivity contribution in [2.45, 2.75) is 38.5 Å². The Morgan fingerprint density at radius 3 is 3.00 bits per heavy atom. The van der Waals surface area contributed by atoms with Gasteiger partial charge >= 0.3 is 6.61 Å². The number of nitrogens with one attached hydrogen (secondary N) is 1. The number of phenols is 1. The Morgan fingerprint density at radius 2 is 2.17 bits per heavy atom. The van der Waals surface area contributed by atoms with Gasteiger partial charge in [-0.3, -0.25) is 0 Å². The third kappa shape index (κ3) is 3.96. The van der Waals surface area contributed by atoms with Gasteiger partial charge in [-0.2, -0.15) is 8.78 Å². The van der Waals surface area contributed by atoms with Crippen molar-refractivity contribution in [1.82, 2.24) is 10.3 Å². The molecule has 0 fully saturated rings. The number of hydrogen-bond donors (Lipinski definition) is 2. The van der Waals surface area contributed by atoms with Crippen molar-refractivity contribution < 1.29 is 18.6 Å². The SMILES string of the molecule is Oc1ccc2c(c1)C(NCc1ccnc(OC(F)F)c1)CCC2. The van der Waals surface area contributed by atoms with E-state index in [0.717, 1.165) is 30.4 Å². The van der Waals surface area contributed by atoms with Gasteiger partial charge in [0.25, 0.3) is 0 Å². The molecule has 0 saturated carbocycles. The molecule has 0 amide bonds. The van der Waals surface area contributed by atoms with Crippen molar-refractivity contribution in [2.75, 3.05) is 0 Å². The molecule has 23 heavy (non-hydrogen) atoms. The molecule has 1 aliphatic carbocycles. The molecule has 1 atom stereocenters. The molecule has 0 bridgehead atoms. The molecular weight excluding hydrogens is 302 g/mol. The van der Waals surface area contributed by atoms with Crippen LogP contribution < -0.4 is 10.1 Å². The van der Waals surface area contributed by atoms with E-state index in [1.165, 1.54) is 17.8 Å². The van der Waals surface area contributed by atoms with E-state index < -0.39 is 6.61 Å². The van der Waals surface area contributed by atoms with Gasteiger partial charge in [0.2, 0.25) is 5.88 Å². The minimum Gasteiger partial charge on any atom is -0.508 e. The van der Waals surface area contributed by atoms with Gasteiger partial charge in [-0.05, 0) is 54.2 Å². The lowest BCUT2D eigenvalue weighted by Gasteiger charge is -2.26. The van der Waals surface area contributed by atoms with E-state index in [9.17, 15) is 13.9 Å². The van der Waals surface area contributed by atoms with Gasteiger partial charge < -0.3 is 15.2 Å². The molecule has 6 heteroatoms. The van der Waals surface area contributed by atoms with Gasteiger partial charge in [-0.15, -0.1) is 0 Å². The van der Waals surface area contributed by atoms with Crippen molar-refractivity contribution in [3.63, 3.8) is 0 Å². The van der Waals surface area contributed by atoms with Crippen LogP contribution in [0.15, 0.2) is 36.5 Å². The Bertz CT molecular complexity index is 679. The number of aromatic hydroxyl groups is 1. The Kier molecular flexibility index (Phi) is 4.71. The highest BCUT2D eigenvalue weighted by atomic mass is 19.3. The zero-order chi connectivity index (χ0) is 16.2. The maximum Gasteiger partial charge on any atom is 0.388 e. The first-order valence-electron chi connectivity index (χ1n) is 7.57. The number of rotatable bonds is 5. The molecular formula is C17H18F2N2O2. The zero-order valence-corrected chi connectivity index (χ0v) is 12.5. The van der Waals surface area contributed by atoms with Gasteiger partial charge in [0.1, 0.15) is 5.75 Å². The number of halogens is 2. The predicted molar refractivity (Wildman–Crippen MR) is 81.5 cm³/mol. The number of benzene rings is 1. The van der Waals surface area contributed by atoms with E-state index in [1.807, 2.05) is 6.07 Å². The normalized spacial score (nSPS) is 17.1. The summed E-state index contributed by atoms with van der Waals surface area (Å²) in [4.78, 5) is 3.76. The monoisotopic (exact) mass is 320 g/mol. The summed E-state index contributed by atoms with van der Waals surface area (Å²) in [5.41, 5.74) is 3.17. The number of aromatic nitrogens is 1. The molecule has 1 aromatic carbocycles. The first kappa shape index (κ1) is 15.7. The van der Waals surface area contributed by atoms with Crippen LogP contribution in [0.25, 0.3) is 0 Å². The molecule has 122 valence electrons. The van der Waals surface area contributed by atoms with Crippen LogP contribution in [0.5, 0.6) is 11.6 Å². The maximum absolute atomic E-state index is 12.2. The minimum atomic E-state index is -2.88. The summed E-state index contributed by atoms with van der Waals surface area (Å²) in [6.07, 6.45) is 4.51. The van der Waals surface area contributed by atoms with Gasteiger partial charge in [0, 0.05) is 24.8 Å². The Hall–Kier alpha value is -2.21. The van der Waals surface area contributed by atoms with E-state index in [0.29, 0.717) is 6.54 Å². The smallest absolute Gasteiger partial charge is 0.388 e. The molecule has 1 heterocycles. The second kappa shape index (κ2) is 6.91. The molecule has 0 saturated heterocycles. The number of fused-ring (bicyclic) bond motifs is 1. The lowest BCUT2D eigenvalue weighted by molar-refractivity contribution is -0.0528. The average Bonchev–Trinajstić information content (AvgIpc) is 2.52. The predicted octanol–water partition coefficient (Wildman–Crippen LogP) is 3.56. The van der Waals surface area contributed by atoms with Gasteiger partial charge in [0.15, 0.2) is 0 Å². The van der Waals surface area contributed by atoms with Crippen molar-refractivity contribution in [1.29, 1.82) is 0 Å². The molecule has 2 N–H and O–H groups in total. The van der Waals surface area contributed by atoms with Crippen molar-refractivity contribution in [2.24, 2.45) is 0 Å². The minimum absolute atomic E-state index is 0.0824. The van der Waals surface area contributed by atoms with Crippen LogP contribution in [0.2, 0.25) is 0 Å². The number of aryl methyl sites for hydroxylation is 1. The summed E-state index contributed by atoms with van der Waals surface area (Å²) in [5.74, 6) is 0.176. The number of nitrogens with zero attached hydrogens (tertiary/aromatic N) is 1. The van der Waals surface area contributed by atoms with E-state index >= 15 is 0 Å². The van der Waals surface area contributed by atoms with Crippen molar-refractivity contribution in [3.8, 4) is 11.6 Å². The fourth-order valence-corrected chi connectivity index (χ4v) is 2.96. The molecule has 1 aromatic heterocycles. The fraction of sp³-hybridized carbons (Fsp3) is 0.353. The third-order valence-corrected chi connectivity index (χ3v) is 4.01. The molecule has 3 rings (SSSR count). The maximum atomic E-state index is 12.2. The second-order valence-corrected chi connectivity index (χ2v) is 5.59. The second-order valence-electron chi connectivity index (χ2n) is 5.59. The molecule has 1 unspecified atom stereocenters. The lowest BCUT2D eigenvalue weighted by Crippen LogP contribution is -2.24. The fourth-order valence-electron chi connectivity index (χ4n) is 2.96. The van der Waals surface area contributed by atoms with E-state index in [-0.39, 0.29) is 17.7 Å². The van der Waals surface area contributed by atoms with Gasteiger partial charge in [-0.1, -0.05) is 6.07 Å². The highest BCUT2D eigenvalue weighted by Gasteiger charge is 2.20. The van der Waals surface area contributed by atoms with E-state index in [4.69, 9.17) is 0 Å². The summed E-state index contributed by atoms with van der Waals surface area (Å²) in [5, 5.41) is 13.1. The Balaban J connectivity index is 1.69. The highest BCUT2D eigenvalue weighted by molar-refractivity contribution is 5.38. The quantitative estimate of drug-likeness (QED) is 0.884. The van der Waals surface area contributed by atoms with Crippen LogP contribution >= 0.6 is 0 Å². The number of alkyl halides is 2. The topological polar surface area (TPSA) is 54.4 Å². The zero-order valence-electron chi connectivity index (χ0n) is 12.5. The summed E-state index contributed by atoms with van der Waals surface area (Å²) in [7, 11) is 0. The van der Waals surface area contributed by atoms with Crippen LogP contribution in [0.4, 0.5) is 8.78 Å². The third-order valence-electron chi connectivity index (χ3n) is 4.01. The van der Waals surface area contributed by atoms with Crippen LogP contribution in [-0.4, -0.2) is 16.7 Å². The Morgan fingerprint density at radius 1 is 1.30 bits per heavy atom. The standard InChI is InChI=1S/C17H18F2N2O2/c18-17(19)23-16-8-11(6-7-20-16)10-21-15-3-1-2-12-4-5-13(22)9-14(12)15/h4-9,15,17,21-22H,1-3,10H2. The molecule has 0 spiro atoms. The van der Waals surface area contributed by atoms with Crippen LogP contribution in [0.3, 0.4) is 0 Å². The molecule has 4 nitrogen and oxygen atoms in total. The molecule has 1 aliphatic rings. The number of pyridine rings is 1. The summed E-state index contributed by atoms with van der Waals surface area (Å²) < 4.78 is 28.8. The van der Waals surface area contributed by atoms with Crippen LogP contribution in [-0.2, 0) is 13.0 Å². The number of hydrogen-bond acceptors (Lipinski definition) is 4. The largest absolute Gasteiger partial charge is 0.508 e. The first-order valence-corrected chi connectivity index (χ1v) is 7.57. The van der Waals surface area contributed by atoms with Gasteiger partial charge in [-0.25, -0.2) is 4.98 Å². The van der Waals surface area contributed by atoms with E-state index in [2.05, 4.69) is 15.0 Å². The Labute approximate surface area is 133 Å². The van der Waals surface area contributed by atoms with Gasteiger partial charge in [0.05, 0.1) is 0 Å². The molecule has 2 aromatic rings. The molecule has 0 aliphatic heterocycles.